The summed E-state index contributed by atoms with van der Waals surface area (Å²) in [5.41, 5.74) is -0.464. The number of halogens is 3. The van der Waals surface area contributed by atoms with Crippen molar-refractivity contribution in [1.82, 2.24) is 14.7 Å². The molecule has 0 radical (unpaired) electrons. The second-order valence-electron chi connectivity index (χ2n) is 5.83. The van der Waals surface area contributed by atoms with Crippen LogP contribution in [0.1, 0.15) is 15.4 Å². The number of hydrogen-bond acceptors (Lipinski definition) is 4. The third-order valence-corrected chi connectivity index (χ3v) is 5.24. The molecule has 3 heterocycles. The summed E-state index contributed by atoms with van der Waals surface area (Å²) in [5.74, 6) is -0.276. The van der Waals surface area contributed by atoms with E-state index in [0.717, 1.165) is 11.3 Å². The van der Waals surface area contributed by atoms with Gasteiger partial charge in [-0.3, -0.25) is 4.79 Å². The Balaban J connectivity index is 1.83. The molecule has 1 aliphatic rings. The number of carbonyl (C=O) groups excluding carboxylic acids is 1. The highest BCUT2D eigenvalue weighted by atomic mass is 32.1. The summed E-state index contributed by atoms with van der Waals surface area (Å²) in [7, 11) is 0. The molecule has 1 fully saturated rings. The van der Waals surface area contributed by atoms with Crippen LogP contribution in [0.5, 0.6) is 0 Å². The van der Waals surface area contributed by atoms with Crippen LogP contribution in [0.3, 0.4) is 0 Å². The van der Waals surface area contributed by atoms with Gasteiger partial charge < -0.3 is 9.64 Å². The summed E-state index contributed by atoms with van der Waals surface area (Å²) in [6.45, 7) is 1.73. The number of morpholine rings is 1. The maximum Gasteiger partial charge on any atom is 0.435 e. The van der Waals surface area contributed by atoms with Crippen molar-refractivity contribution in [2.45, 2.75) is 6.18 Å². The van der Waals surface area contributed by atoms with Gasteiger partial charge >= 0.3 is 6.18 Å². The highest BCUT2D eigenvalue weighted by molar-refractivity contribution is 7.20. The van der Waals surface area contributed by atoms with Crippen molar-refractivity contribution in [1.29, 1.82) is 0 Å². The fourth-order valence-corrected chi connectivity index (χ4v) is 3.99. The molecule has 1 aliphatic heterocycles. The van der Waals surface area contributed by atoms with Gasteiger partial charge in [0.05, 0.1) is 23.8 Å². The zero-order valence-corrected chi connectivity index (χ0v) is 14.3. The molecule has 9 heteroatoms. The zero-order valence-electron chi connectivity index (χ0n) is 13.5. The molecule has 0 spiro atoms. The number of aromatic nitrogens is 2. The smallest absolute Gasteiger partial charge is 0.378 e. The van der Waals surface area contributed by atoms with Gasteiger partial charge in [-0.05, 0) is 18.2 Å². The van der Waals surface area contributed by atoms with Gasteiger partial charge in [0.2, 0.25) is 0 Å². The molecular formula is C17H14F3N3O2S. The number of thiophene rings is 1. The van der Waals surface area contributed by atoms with E-state index in [2.05, 4.69) is 5.10 Å². The number of fused-ring (bicyclic) bond motifs is 1. The highest BCUT2D eigenvalue weighted by Crippen LogP contribution is 2.39. The Labute approximate surface area is 150 Å². The number of carbonyl (C=O) groups is 1. The van der Waals surface area contributed by atoms with E-state index in [9.17, 15) is 18.0 Å². The largest absolute Gasteiger partial charge is 0.435 e. The minimum absolute atomic E-state index is 0.0528. The van der Waals surface area contributed by atoms with E-state index in [4.69, 9.17) is 4.74 Å². The van der Waals surface area contributed by atoms with Crippen molar-refractivity contribution in [3.8, 4) is 5.69 Å². The first-order valence-corrected chi connectivity index (χ1v) is 8.79. The number of alkyl halides is 3. The minimum atomic E-state index is -4.60. The topological polar surface area (TPSA) is 47.4 Å². The van der Waals surface area contributed by atoms with Crippen LogP contribution in [0.4, 0.5) is 13.2 Å². The van der Waals surface area contributed by atoms with E-state index in [-0.39, 0.29) is 16.2 Å². The summed E-state index contributed by atoms with van der Waals surface area (Å²) in [6, 6.07) is 9.88. The lowest BCUT2D eigenvalue weighted by Gasteiger charge is -2.26. The Kier molecular flexibility index (Phi) is 4.20. The zero-order chi connectivity index (χ0) is 18.3. The molecular weight excluding hydrogens is 367 g/mol. The van der Waals surface area contributed by atoms with Gasteiger partial charge in [0.25, 0.3) is 5.91 Å². The predicted molar refractivity (Wildman–Crippen MR) is 90.7 cm³/mol. The van der Waals surface area contributed by atoms with Crippen LogP contribution in [0.15, 0.2) is 36.4 Å². The number of nitrogens with zero attached hydrogens (tertiary/aromatic N) is 3. The van der Waals surface area contributed by atoms with Gasteiger partial charge in [-0.1, -0.05) is 18.2 Å². The molecule has 1 saturated heterocycles. The average molecular weight is 381 g/mol. The summed E-state index contributed by atoms with van der Waals surface area (Å²) in [6.07, 6.45) is -4.60. The number of para-hydroxylation sites is 1. The van der Waals surface area contributed by atoms with Crippen LogP contribution in [0, 0.1) is 0 Å². The van der Waals surface area contributed by atoms with Gasteiger partial charge in [-0.2, -0.15) is 18.3 Å². The van der Waals surface area contributed by atoms with E-state index in [1.54, 1.807) is 35.2 Å². The molecule has 1 aromatic carbocycles. The summed E-state index contributed by atoms with van der Waals surface area (Å²) < 4.78 is 46.8. The van der Waals surface area contributed by atoms with Gasteiger partial charge in [0.1, 0.15) is 4.83 Å². The lowest BCUT2D eigenvalue weighted by atomic mass is 10.2. The molecule has 0 atom stereocenters. The molecule has 4 rings (SSSR count). The summed E-state index contributed by atoms with van der Waals surface area (Å²) in [5, 5.41) is 3.71. The normalized spacial score (nSPS) is 15.6. The lowest BCUT2D eigenvalue weighted by Crippen LogP contribution is -2.40. The molecule has 0 N–H and O–H groups in total. The third kappa shape index (κ3) is 2.97. The van der Waals surface area contributed by atoms with Crippen LogP contribution >= 0.6 is 11.3 Å². The second kappa shape index (κ2) is 6.40. The summed E-state index contributed by atoms with van der Waals surface area (Å²) in [4.78, 5) is 14.8. The molecule has 0 bridgehead atoms. The predicted octanol–water partition coefficient (Wildman–Crippen LogP) is 3.58. The molecule has 0 unspecified atom stereocenters. The first-order valence-electron chi connectivity index (χ1n) is 7.97. The lowest BCUT2D eigenvalue weighted by molar-refractivity contribution is -0.140. The van der Waals surface area contributed by atoms with Gasteiger partial charge in [-0.15, -0.1) is 11.3 Å². The van der Waals surface area contributed by atoms with Crippen LogP contribution in [-0.2, 0) is 10.9 Å². The first-order chi connectivity index (χ1) is 12.4. The van der Waals surface area contributed by atoms with Gasteiger partial charge in [-0.25, -0.2) is 4.68 Å². The van der Waals surface area contributed by atoms with Crippen molar-refractivity contribution in [2.75, 3.05) is 26.3 Å². The molecule has 26 heavy (non-hydrogen) atoms. The maximum absolute atomic E-state index is 13.4. The average Bonchev–Trinajstić information content (AvgIpc) is 3.21. The number of rotatable bonds is 2. The molecule has 0 aliphatic carbocycles. The van der Waals surface area contributed by atoms with Crippen molar-refractivity contribution in [3.63, 3.8) is 0 Å². The van der Waals surface area contributed by atoms with Crippen LogP contribution in [0.25, 0.3) is 15.9 Å². The van der Waals surface area contributed by atoms with E-state index < -0.39 is 11.9 Å². The standard InChI is InChI=1S/C17H14F3N3O2S/c18-17(19,20)14-12-10-13(15(24)22-6-8-25-9-7-22)26-16(12)23(21-14)11-4-2-1-3-5-11/h1-5,10H,6-9H2. The van der Waals surface area contributed by atoms with E-state index >= 15 is 0 Å². The van der Waals surface area contributed by atoms with E-state index in [0.29, 0.717) is 36.8 Å². The molecule has 0 saturated carbocycles. The Morgan fingerprint density at radius 3 is 2.50 bits per heavy atom. The van der Waals surface area contributed by atoms with Crippen molar-refractivity contribution >= 4 is 27.5 Å². The van der Waals surface area contributed by atoms with Gasteiger partial charge in [0.15, 0.2) is 5.69 Å². The molecule has 2 aromatic heterocycles. The number of amides is 1. The molecule has 136 valence electrons. The fourth-order valence-electron chi connectivity index (χ4n) is 2.89. The maximum atomic E-state index is 13.4. The number of hydrogen-bond donors (Lipinski definition) is 0. The highest BCUT2D eigenvalue weighted by Gasteiger charge is 2.38. The molecule has 1 amide bonds. The van der Waals surface area contributed by atoms with Crippen LogP contribution in [0.2, 0.25) is 0 Å². The second-order valence-corrected chi connectivity index (χ2v) is 6.86. The quantitative estimate of drug-likeness (QED) is 0.682. The number of benzene rings is 1. The molecule has 5 nitrogen and oxygen atoms in total. The Morgan fingerprint density at radius 2 is 1.85 bits per heavy atom. The monoisotopic (exact) mass is 381 g/mol. The Hall–Kier alpha value is -2.39. The van der Waals surface area contributed by atoms with E-state index in [1.807, 2.05) is 0 Å². The van der Waals surface area contributed by atoms with Crippen molar-refractivity contribution in [2.24, 2.45) is 0 Å². The minimum Gasteiger partial charge on any atom is -0.378 e. The van der Waals surface area contributed by atoms with Gasteiger partial charge in [0, 0.05) is 18.5 Å². The van der Waals surface area contributed by atoms with Crippen molar-refractivity contribution < 1.29 is 22.7 Å². The fraction of sp³-hybridized carbons (Fsp3) is 0.294. The van der Waals surface area contributed by atoms with E-state index in [1.165, 1.54) is 10.7 Å². The summed E-state index contributed by atoms with van der Waals surface area (Å²) >= 11 is 1.03. The SMILES string of the molecule is O=C(c1cc2c(C(F)(F)F)nn(-c3ccccc3)c2s1)N1CCOCC1. The van der Waals surface area contributed by atoms with Crippen molar-refractivity contribution in [3.05, 3.63) is 47.0 Å². The molecule has 3 aromatic rings. The Bertz CT molecular complexity index is 943. The van der Waals surface area contributed by atoms with Crippen LogP contribution < -0.4 is 0 Å². The third-order valence-electron chi connectivity index (χ3n) is 4.14. The Morgan fingerprint density at radius 1 is 1.15 bits per heavy atom. The van der Waals surface area contributed by atoms with Crippen LogP contribution in [-0.4, -0.2) is 46.9 Å². The number of ether oxygens (including phenoxy) is 1. The first kappa shape index (κ1) is 17.0.